The number of rotatable bonds is 8. The lowest BCUT2D eigenvalue weighted by Gasteiger charge is -2.33. The summed E-state index contributed by atoms with van der Waals surface area (Å²) in [6, 6.07) is 30.6. The van der Waals surface area contributed by atoms with E-state index in [1.807, 2.05) is 74.5 Å². The van der Waals surface area contributed by atoms with Crippen LogP contribution in [0.4, 0.5) is 5.69 Å². The number of fused-ring (bicyclic) bond motifs is 2. The number of benzene rings is 4. The minimum Gasteiger partial charge on any atom is -0.490 e. The van der Waals surface area contributed by atoms with Gasteiger partial charge >= 0.3 is 5.97 Å². The van der Waals surface area contributed by atoms with Crippen LogP contribution in [0, 0.1) is 13.8 Å². The van der Waals surface area contributed by atoms with Gasteiger partial charge in [0.05, 0.1) is 24.2 Å². The smallest absolute Gasteiger partial charge is 0.310 e. The quantitative estimate of drug-likeness (QED) is 0.197. The second-order valence-corrected chi connectivity index (χ2v) is 11.0. The third-order valence-corrected chi connectivity index (χ3v) is 7.84. The van der Waals surface area contributed by atoms with Crippen LogP contribution >= 0.6 is 0 Å². The molecule has 2 heterocycles. The first-order valence-electron chi connectivity index (χ1n) is 14.4. The van der Waals surface area contributed by atoms with Gasteiger partial charge in [-0.15, -0.1) is 0 Å². The Morgan fingerprint density at radius 1 is 0.907 bits per heavy atom. The summed E-state index contributed by atoms with van der Waals surface area (Å²) in [7, 11) is 2.05. The van der Waals surface area contributed by atoms with E-state index in [4.69, 9.17) is 14.2 Å². The summed E-state index contributed by atoms with van der Waals surface area (Å²) in [5, 5.41) is 0.860. The molecule has 7 heteroatoms. The third-order valence-electron chi connectivity index (χ3n) is 7.84. The number of carbonyl (C=O) groups excluding carboxylic acids is 2. The molecule has 0 saturated heterocycles. The van der Waals surface area contributed by atoms with Gasteiger partial charge in [-0.05, 0) is 73.0 Å². The lowest BCUT2D eigenvalue weighted by atomic mass is 10.1. The van der Waals surface area contributed by atoms with Gasteiger partial charge in [-0.2, -0.15) is 0 Å². The Morgan fingerprint density at radius 2 is 1.65 bits per heavy atom. The summed E-state index contributed by atoms with van der Waals surface area (Å²) in [5.74, 6) is 1.01. The van der Waals surface area contributed by atoms with E-state index in [2.05, 4.69) is 24.1 Å². The average molecular weight is 575 g/mol. The number of para-hydroxylation sites is 1. The molecule has 1 aliphatic heterocycles. The molecule has 6 rings (SSSR count). The van der Waals surface area contributed by atoms with Crippen molar-refractivity contribution in [2.75, 3.05) is 25.1 Å². The van der Waals surface area contributed by atoms with Crippen LogP contribution in [-0.2, 0) is 22.6 Å². The van der Waals surface area contributed by atoms with E-state index >= 15 is 0 Å². The zero-order chi connectivity index (χ0) is 29.9. The molecule has 218 valence electrons. The molecule has 0 bridgehead atoms. The average Bonchev–Trinajstić information content (AvgIpc) is 3.29. The van der Waals surface area contributed by atoms with E-state index in [0.717, 1.165) is 51.3 Å². The number of aryl methyl sites for hydroxylation is 1. The van der Waals surface area contributed by atoms with Crippen molar-refractivity contribution in [3.63, 3.8) is 0 Å². The minimum atomic E-state index is -0.337. The number of ether oxygens (including phenoxy) is 3. The van der Waals surface area contributed by atoms with Crippen molar-refractivity contribution in [1.29, 1.82) is 0 Å². The molecule has 4 aromatic carbocycles. The summed E-state index contributed by atoms with van der Waals surface area (Å²) in [4.78, 5) is 28.7. The van der Waals surface area contributed by atoms with Crippen LogP contribution in [0.15, 0.2) is 97.1 Å². The van der Waals surface area contributed by atoms with Gasteiger partial charge in [0.15, 0.2) is 0 Å². The van der Waals surface area contributed by atoms with Gasteiger partial charge in [0.1, 0.15) is 30.8 Å². The van der Waals surface area contributed by atoms with Gasteiger partial charge < -0.3 is 19.1 Å². The van der Waals surface area contributed by atoms with Crippen LogP contribution in [0.1, 0.15) is 32.7 Å². The molecule has 43 heavy (non-hydrogen) atoms. The first-order valence-corrected chi connectivity index (χ1v) is 14.4. The van der Waals surface area contributed by atoms with E-state index in [9.17, 15) is 9.59 Å². The molecule has 1 aromatic heterocycles. The van der Waals surface area contributed by atoms with Crippen LogP contribution in [0.3, 0.4) is 0 Å². The molecular formula is C36H34N2O5. The highest BCUT2D eigenvalue weighted by molar-refractivity contribution is 6.04. The maximum Gasteiger partial charge on any atom is 0.310 e. The van der Waals surface area contributed by atoms with E-state index in [-0.39, 0.29) is 31.0 Å². The number of aromatic nitrogens is 1. The lowest BCUT2D eigenvalue weighted by molar-refractivity contribution is -0.144. The summed E-state index contributed by atoms with van der Waals surface area (Å²) in [6.07, 6.45) is -0.0402. The highest BCUT2D eigenvalue weighted by Crippen LogP contribution is 2.33. The van der Waals surface area contributed by atoms with Crippen molar-refractivity contribution in [3.05, 3.63) is 125 Å². The maximum atomic E-state index is 13.8. The van der Waals surface area contributed by atoms with Crippen molar-refractivity contribution in [1.82, 2.24) is 4.57 Å². The largest absolute Gasteiger partial charge is 0.490 e. The van der Waals surface area contributed by atoms with E-state index in [1.165, 1.54) is 0 Å². The molecule has 0 fully saturated rings. The van der Waals surface area contributed by atoms with E-state index < -0.39 is 0 Å². The van der Waals surface area contributed by atoms with Crippen molar-refractivity contribution >= 4 is 28.5 Å². The van der Waals surface area contributed by atoms with Crippen molar-refractivity contribution in [2.24, 2.45) is 0 Å². The van der Waals surface area contributed by atoms with Crippen molar-refractivity contribution in [3.8, 4) is 11.5 Å². The van der Waals surface area contributed by atoms with E-state index in [0.29, 0.717) is 17.9 Å². The Bertz CT molecular complexity index is 1780. The molecule has 0 amide bonds. The number of hydrogen-bond donors (Lipinski definition) is 0. The number of likely N-dealkylation sites (N-methyl/N-ethyl adjacent to an activating group) is 1. The molecule has 0 N–H and O–H groups in total. The minimum absolute atomic E-state index is 0.0781. The van der Waals surface area contributed by atoms with Crippen molar-refractivity contribution in [2.45, 2.75) is 33.0 Å². The molecule has 0 unspecified atom stereocenters. The van der Waals surface area contributed by atoms with Crippen LogP contribution in [-0.4, -0.2) is 42.7 Å². The molecule has 5 aromatic rings. The predicted molar refractivity (Wildman–Crippen MR) is 167 cm³/mol. The molecule has 7 nitrogen and oxygen atoms in total. The molecule has 1 atom stereocenters. The van der Waals surface area contributed by atoms with E-state index in [1.54, 1.807) is 28.8 Å². The number of nitrogens with zero attached hydrogens (tertiary/aromatic N) is 2. The fourth-order valence-corrected chi connectivity index (χ4v) is 5.60. The molecule has 1 aliphatic rings. The zero-order valence-corrected chi connectivity index (χ0v) is 24.6. The first-order chi connectivity index (χ1) is 20.9. The van der Waals surface area contributed by atoms with Gasteiger partial charge in [-0.1, -0.05) is 54.6 Å². The van der Waals surface area contributed by atoms with Gasteiger partial charge in [-0.25, -0.2) is 0 Å². The van der Waals surface area contributed by atoms with Gasteiger partial charge in [0.25, 0.3) is 5.91 Å². The fraction of sp³-hybridized carbons (Fsp3) is 0.222. The summed E-state index contributed by atoms with van der Waals surface area (Å²) < 4.78 is 19.5. The number of hydrogen-bond acceptors (Lipinski definition) is 6. The Morgan fingerprint density at radius 3 is 2.44 bits per heavy atom. The Hall–Kier alpha value is -5.04. The van der Waals surface area contributed by atoms with Gasteiger partial charge in [-0.3, -0.25) is 14.2 Å². The van der Waals surface area contributed by atoms with Crippen LogP contribution < -0.4 is 14.4 Å². The maximum absolute atomic E-state index is 13.8. The van der Waals surface area contributed by atoms with Crippen molar-refractivity contribution < 1.29 is 23.8 Å². The zero-order valence-electron chi connectivity index (χ0n) is 24.6. The predicted octanol–water partition coefficient (Wildman–Crippen LogP) is 6.51. The highest BCUT2D eigenvalue weighted by Gasteiger charge is 2.25. The Kier molecular flexibility index (Phi) is 7.88. The van der Waals surface area contributed by atoms with Gasteiger partial charge in [0, 0.05) is 23.7 Å². The SMILES string of the molecule is Cc1ccc2c(c1)O[C@H](COc1ccc(C(=O)n3c(C)c(CC(=O)OCc4ccccc4)c4ccccc43)cc1)CN2C. The number of esters is 1. The summed E-state index contributed by atoms with van der Waals surface area (Å²) in [6.45, 7) is 5.23. The summed E-state index contributed by atoms with van der Waals surface area (Å²) in [5.41, 5.74) is 5.93. The molecule has 0 spiro atoms. The number of carbonyl (C=O) groups is 2. The lowest BCUT2D eigenvalue weighted by Crippen LogP contribution is -2.41. The van der Waals surface area contributed by atoms with Gasteiger partial charge in [0.2, 0.25) is 0 Å². The molecule has 0 aliphatic carbocycles. The normalized spacial score (nSPS) is 14.2. The molecule has 0 radical (unpaired) electrons. The Labute approximate surface area is 251 Å². The topological polar surface area (TPSA) is 70.0 Å². The Balaban J connectivity index is 1.14. The monoisotopic (exact) mass is 574 g/mol. The van der Waals surface area contributed by atoms with Crippen LogP contribution in [0.5, 0.6) is 11.5 Å². The third kappa shape index (κ3) is 5.97. The second-order valence-electron chi connectivity index (χ2n) is 11.0. The van der Waals surface area contributed by atoms with Crippen LogP contribution in [0.2, 0.25) is 0 Å². The molecule has 0 saturated carbocycles. The summed E-state index contributed by atoms with van der Waals surface area (Å²) >= 11 is 0. The number of anilines is 1. The standard InChI is InChI=1S/C36H34N2O5/c1-24-13-18-33-34(19-24)43-29(21-37(33)3)23-41-28-16-14-27(15-17-28)36(40)38-25(2)31(30-11-7-8-12-32(30)38)20-35(39)42-22-26-9-5-4-6-10-26/h4-19,29H,20-23H2,1-3H3/t29-/m0/s1. The first kappa shape index (κ1) is 28.1. The fourth-order valence-electron chi connectivity index (χ4n) is 5.60. The highest BCUT2D eigenvalue weighted by atomic mass is 16.5. The molecular weight excluding hydrogens is 540 g/mol. The second kappa shape index (κ2) is 12.1. The van der Waals surface area contributed by atoms with Crippen LogP contribution in [0.25, 0.3) is 10.9 Å².